The number of benzene rings is 1. The van der Waals surface area contributed by atoms with E-state index in [2.05, 4.69) is 0 Å². The maximum Gasteiger partial charge on any atom is 0.303 e. The van der Waals surface area contributed by atoms with E-state index >= 15 is 0 Å². The zero-order valence-electron chi connectivity index (χ0n) is 31.0. The molecule has 3 rings (SSSR count). The van der Waals surface area contributed by atoms with Gasteiger partial charge in [-0.15, -0.1) is 0 Å². The number of phenols is 1. The first-order valence-electron chi connectivity index (χ1n) is 16.5. The van der Waals surface area contributed by atoms with E-state index in [4.69, 9.17) is 52.1 Å². The molecule has 2 fully saturated rings. The average Bonchev–Trinajstić information content (AvgIpc) is 3.03. The number of hydrogen-bond donors (Lipinski definition) is 2. The van der Waals surface area contributed by atoms with Gasteiger partial charge < -0.3 is 62.3 Å². The van der Waals surface area contributed by atoms with E-state index in [9.17, 15) is 48.6 Å². The topological polar surface area (TPSA) is 279 Å². The summed E-state index contributed by atoms with van der Waals surface area (Å²) in [5.41, 5.74) is -0.479. The maximum atomic E-state index is 12.8. The number of aromatic hydroxyl groups is 1. The van der Waals surface area contributed by atoms with Crippen LogP contribution in [-0.4, -0.2) is 132 Å². The van der Waals surface area contributed by atoms with Crippen molar-refractivity contribution in [3.8, 4) is 17.2 Å². The number of carbonyl (C=O) groups is 8. The Bertz CT molecular complexity index is 1640. The lowest BCUT2D eigenvalue weighted by Gasteiger charge is -2.44. The quantitative estimate of drug-likeness (QED) is 0.142. The molecule has 0 aliphatic carbocycles. The van der Waals surface area contributed by atoms with Gasteiger partial charge in [0, 0.05) is 60.6 Å². The van der Waals surface area contributed by atoms with Crippen molar-refractivity contribution in [3.63, 3.8) is 0 Å². The van der Waals surface area contributed by atoms with Crippen molar-refractivity contribution in [3.05, 3.63) is 17.7 Å². The van der Waals surface area contributed by atoms with Crippen molar-refractivity contribution in [2.45, 2.75) is 117 Å². The molecule has 2 aliphatic heterocycles. The van der Waals surface area contributed by atoms with Crippen molar-refractivity contribution < 1.29 is 101 Å². The zero-order valence-corrected chi connectivity index (χ0v) is 31.0. The molecule has 55 heavy (non-hydrogen) atoms. The van der Waals surface area contributed by atoms with Gasteiger partial charge in [-0.2, -0.15) is 0 Å². The highest BCUT2D eigenvalue weighted by molar-refractivity contribution is 5.99. The SMILES string of the molecule is CC(=O)OC[C@@H]1O[C@H](Oc2cc(O)c(C(C)=O)c(O[C@@H]3O[C@@H](COC(C)=O)[C@@H](OC(C)=O)[C@@H](OC(C)=O)[C@H]3O)c2)[C@H](OC(C)=O)[C@@H](OC(C)=O)[C@H]1OC(C)=O. The van der Waals surface area contributed by atoms with Crippen LogP contribution in [0, 0.1) is 0 Å². The average molecular weight is 787 g/mol. The molecule has 10 atom stereocenters. The number of aliphatic hydroxyl groups excluding tert-OH is 1. The number of esters is 7. The van der Waals surface area contributed by atoms with Crippen LogP contribution in [0.3, 0.4) is 0 Å². The molecule has 0 bridgehead atoms. The number of Topliss-reactive ketones (excluding diaryl/α,β-unsaturated/α-hetero) is 1. The maximum absolute atomic E-state index is 12.8. The highest BCUT2D eigenvalue weighted by atomic mass is 16.7. The van der Waals surface area contributed by atoms with Gasteiger partial charge in [-0.3, -0.25) is 38.4 Å². The van der Waals surface area contributed by atoms with Crippen LogP contribution < -0.4 is 9.47 Å². The van der Waals surface area contributed by atoms with E-state index in [1.807, 2.05) is 0 Å². The normalized spacial score (nSPS) is 27.3. The summed E-state index contributed by atoms with van der Waals surface area (Å²) < 4.78 is 60.2. The van der Waals surface area contributed by atoms with Crippen LogP contribution >= 0.6 is 0 Å². The number of rotatable bonds is 14. The Morgan fingerprint density at radius 1 is 0.545 bits per heavy atom. The highest BCUT2D eigenvalue weighted by Crippen LogP contribution is 2.39. The predicted octanol–water partition coefficient (Wildman–Crippen LogP) is -0.0522. The van der Waals surface area contributed by atoms with Gasteiger partial charge >= 0.3 is 41.8 Å². The van der Waals surface area contributed by atoms with Crippen LogP contribution in [0.1, 0.15) is 65.7 Å². The molecule has 2 N–H and O–H groups in total. The second-order valence-electron chi connectivity index (χ2n) is 12.2. The molecular weight excluding hydrogens is 744 g/mol. The lowest BCUT2D eigenvalue weighted by molar-refractivity contribution is -0.288. The predicted molar refractivity (Wildman–Crippen MR) is 174 cm³/mol. The third kappa shape index (κ3) is 12.2. The van der Waals surface area contributed by atoms with Gasteiger partial charge in [-0.1, -0.05) is 0 Å². The number of ketones is 1. The van der Waals surface area contributed by atoms with E-state index in [0.717, 1.165) is 67.5 Å². The second-order valence-corrected chi connectivity index (χ2v) is 12.2. The van der Waals surface area contributed by atoms with Crippen LogP contribution in [0.25, 0.3) is 0 Å². The van der Waals surface area contributed by atoms with Crippen molar-refractivity contribution in [2.24, 2.45) is 0 Å². The number of aliphatic hydroxyl groups is 1. The molecule has 21 nitrogen and oxygen atoms in total. The summed E-state index contributed by atoms with van der Waals surface area (Å²) >= 11 is 0. The fraction of sp³-hybridized carbons (Fsp3) is 0.588. The van der Waals surface area contributed by atoms with E-state index in [1.165, 1.54) is 0 Å². The molecule has 2 heterocycles. The lowest BCUT2D eigenvalue weighted by atomic mass is 9.98. The van der Waals surface area contributed by atoms with Crippen LogP contribution in [0.4, 0.5) is 0 Å². The summed E-state index contributed by atoms with van der Waals surface area (Å²) in [6.07, 6.45) is -16.4. The molecule has 0 radical (unpaired) electrons. The minimum atomic E-state index is -1.95. The van der Waals surface area contributed by atoms with Crippen LogP contribution in [-0.2, 0) is 76.2 Å². The van der Waals surface area contributed by atoms with E-state index in [-0.39, 0.29) is 5.75 Å². The summed E-state index contributed by atoms with van der Waals surface area (Å²) in [5, 5.41) is 22.3. The zero-order chi connectivity index (χ0) is 41.3. The van der Waals surface area contributed by atoms with Gasteiger partial charge in [0.25, 0.3) is 0 Å². The second kappa shape index (κ2) is 19.2. The molecule has 2 aliphatic rings. The Hall–Kier alpha value is -5.54. The van der Waals surface area contributed by atoms with E-state index < -0.39 is 139 Å². The van der Waals surface area contributed by atoms with Gasteiger partial charge in [-0.05, 0) is 6.92 Å². The first kappa shape index (κ1) is 43.9. The Morgan fingerprint density at radius 2 is 0.964 bits per heavy atom. The third-order valence-corrected chi connectivity index (χ3v) is 7.52. The molecule has 21 heteroatoms. The fourth-order valence-electron chi connectivity index (χ4n) is 5.62. The Kier molecular flexibility index (Phi) is 15.3. The monoisotopic (exact) mass is 786 g/mol. The van der Waals surface area contributed by atoms with Gasteiger partial charge in [0.2, 0.25) is 18.7 Å². The fourth-order valence-corrected chi connectivity index (χ4v) is 5.62. The van der Waals surface area contributed by atoms with Crippen molar-refractivity contribution >= 4 is 47.6 Å². The summed E-state index contributed by atoms with van der Waals surface area (Å²) in [5.74, 6) is -8.48. The molecular formula is C34H42O21. The molecule has 0 spiro atoms. The molecule has 0 unspecified atom stereocenters. The molecule has 304 valence electrons. The van der Waals surface area contributed by atoms with Crippen molar-refractivity contribution in [1.29, 1.82) is 0 Å². The van der Waals surface area contributed by atoms with Gasteiger partial charge in [0.15, 0.2) is 36.3 Å². The van der Waals surface area contributed by atoms with E-state index in [0.29, 0.717) is 0 Å². The van der Waals surface area contributed by atoms with Crippen LogP contribution in [0.5, 0.6) is 17.2 Å². The minimum Gasteiger partial charge on any atom is -0.507 e. The smallest absolute Gasteiger partial charge is 0.303 e. The van der Waals surface area contributed by atoms with Crippen LogP contribution in [0.15, 0.2) is 12.1 Å². The number of ether oxygens (including phenoxy) is 11. The number of phenolic OH excluding ortho intramolecular Hbond substituents is 1. The lowest BCUT2D eigenvalue weighted by Crippen LogP contribution is -2.63. The first-order valence-corrected chi connectivity index (χ1v) is 16.5. The summed E-state index contributed by atoms with van der Waals surface area (Å²) in [4.78, 5) is 96.6. The standard InChI is InChI=1S/C34H42O21/c1-13(35)26-22(43)9-21(10-23(26)53-33-27(44)30(49-18(6)40)28(47-16(4)38)24(54-33)11-45-14(2)36)52-34-32(51-20(8)42)31(50-19(7)41)29(48-17(5)39)25(55-34)12-46-15(3)37/h9-10,24-25,27-34,43-44H,11-12H2,1-8H3/t24-,25-,27+,28+,29-,30-,31-,32+,33+,34-/m0/s1. The molecule has 2 saturated heterocycles. The Labute approximate surface area is 313 Å². The summed E-state index contributed by atoms with van der Waals surface area (Å²) in [6.45, 7) is 7.14. The molecule has 1 aromatic rings. The highest BCUT2D eigenvalue weighted by Gasteiger charge is 2.54. The number of carbonyl (C=O) groups excluding carboxylic acids is 8. The van der Waals surface area contributed by atoms with Crippen molar-refractivity contribution in [1.82, 2.24) is 0 Å². The first-order chi connectivity index (χ1) is 25.7. The third-order valence-electron chi connectivity index (χ3n) is 7.52. The van der Waals surface area contributed by atoms with Gasteiger partial charge in [-0.25, -0.2) is 0 Å². The Morgan fingerprint density at radius 3 is 1.42 bits per heavy atom. The van der Waals surface area contributed by atoms with Gasteiger partial charge in [0.1, 0.15) is 48.2 Å². The van der Waals surface area contributed by atoms with E-state index in [1.54, 1.807) is 0 Å². The number of hydrogen-bond acceptors (Lipinski definition) is 21. The molecule has 0 amide bonds. The van der Waals surface area contributed by atoms with Crippen molar-refractivity contribution in [2.75, 3.05) is 13.2 Å². The Balaban J connectivity index is 2.11. The summed E-state index contributed by atoms with van der Waals surface area (Å²) in [6, 6.07) is 1.94. The summed E-state index contributed by atoms with van der Waals surface area (Å²) in [7, 11) is 0. The molecule has 1 aromatic carbocycles. The molecule has 0 aromatic heterocycles. The minimum absolute atomic E-state index is 0.380. The van der Waals surface area contributed by atoms with Gasteiger partial charge in [0.05, 0.1) is 0 Å². The largest absolute Gasteiger partial charge is 0.507 e. The molecule has 0 saturated carbocycles. The van der Waals surface area contributed by atoms with Crippen LogP contribution in [0.2, 0.25) is 0 Å².